The van der Waals surface area contributed by atoms with Gasteiger partial charge in [0.25, 0.3) is 5.91 Å². The maximum atomic E-state index is 12.6. The number of anilines is 1. The minimum Gasteiger partial charge on any atom is -0.389 e. The third kappa shape index (κ3) is 3.28. The summed E-state index contributed by atoms with van der Waals surface area (Å²) >= 11 is 5.04. The summed E-state index contributed by atoms with van der Waals surface area (Å²) in [7, 11) is 1.73. The first kappa shape index (κ1) is 15.2. The highest BCUT2D eigenvalue weighted by Gasteiger charge is 2.16. The van der Waals surface area contributed by atoms with Crippen LogP contribution in [-0.2, 0) is 6.42 Å². The summed E-state index contributed by atoms with van der Waals surface area (Å²) in [5, 5.41) is 0. The largest absolute Gasteiger partial charge is 0.389 e. The number of nitrogens with zero attached hydrogens (tertiary/aromatic N) is 1. The second kappa shape index (κ2) is 6.50. The van der Waals surface area contributed by atoms with Gasteiger partial charge < -0.3 is 10.6 Å². The molecule has 0 radical (unpaired) electrons. The van der Waals surface area contributed by atoms with Gasteiger partial charge >= 0.3 is 0 Å². The third-order valence-corrected chi connectivity index (χ3v) is 3.66. The second-order valence-electron chi connectivity index (χ2n) is 4.80. The Morgan fingerprint density at radius 2 is 1.76 bits per heavy atom. The average molecular weight is 298 g/mol. The van der Waals surface area contributed by atoms with E-state index in [0.29, 0.717) is 11.1 Å². The molecule has 0 saturated carbocycles. The van der Waals surface area contributed by atoms with Crippen LogP contribution in [0.25, 0.3) is 0 Å². The molecule has 21 heavy (non-hydrogen) atoms. The summed E-state index contributed by atoms with van der Waals surface area (Å²) in [5.41, 5.74) is 8.99. The van der Waals surface area contributed by atoms with Gasteiger partial charge in [-0.2, -0.15) is 0 Å². The molecule has 0 aliphatic carbocycles. The van der Waals surface area contributed by atoms with Crippen molar-refractivity contribution in [3.8, 4) is 0 Å². The minimum atomic E-state index is -0.0821. The standard InChI is InChI=1S/C17H18N2OS/c1-3-12-8-10-13(11-9-12)17(20)19(2)15-7-5-4-6-14(15)16(18)21/h4-11H,3H2,1-2H3,(H2,18,21). The van der Waals surface area contributed by atoms with Crippen molar-refractivity contribution in [3.05, 3.63) is 65.2 Å². The van der Waals surface area contributed by atoms with Crippen LogP contribution in [0.15, 0.2) is 48.5 Å². The number of para-hydroxylation sites is 1. The number of hydrogen-bond donors (Lipinski definition) is 1. The number of aryl methyl sites for hydroxylation is 1. The van der Waals surface area contributed by atoms with Crippen LogP contribution in [0, 0.1) is 0 Å². The lowest BCUT2D eigenvalue weighted by molar-refractivity contribution is 0.0993. The molecule has 0 bridgehead atoms. The first-order valence-electron chi connectivity index (χ1n) is 6.80. The zero-order valence-corrected chi connectivity index (χ0v) is 13.0. The van der Waals surface area contributed by atoms with E-state index in [-0.39, 0.29) is 10.9 Å². The van der Waals surface area contributed by atoms with Crippen molar-refractivity contribution in [1.82, 2.24) is 0 Å². The van der Waals surface area contributed by atoms with Gasteiger partial charge in [0.05, 0.1) is 5.69 Å². The van der Waals surface area contributed by atoms with Crippen LogP contribution >= 0.6 is 12.2 Å². The molecule has 0 heterocycles. The Morgan fingerprint density at radius 1 is 1.14 bits per heavy atom. The van der Waals surface area contributed by atoms with Gasteiger partial charge in [-0.05, 0) is 36.2 Å². The normalized spacial score (nSPS) is 10.2. The highest BCUT2D eigenvalue weighted by atomic mass is 32.1. The van der Waals surface area contributed by atoms with Crippen LogP contribution < -0.4 is 10.6 Å². The van der Waals surface area contributed by atoms with E-state index >= 15 is 0 Å². The van der Waals surface area contributed by atoms with Crippen LogP contribution in [0.3, 0.4) is 0 Å². The molecule has 0 atom stereocenters. The predicted molar refractivity (Wildman–Crippen MR) is 90.9 cm³/mol. The van der Waals surface area contributed by atoms with Gasteiger partial charge in [-0.15, -0.1) is 0 Å². The molecule has 0 saturated heterocycles. The van der Waals surface area contributed by atoms with Crippen LogP contribution in [0.5, 0.6) is 0 Å². The van der Waals surface area contributed by atoms with Crippen molar-refractivity contribution < 1.29 is 4.79 Å². The molecule has 0 aliphatic rings. The zero-order valence-electron chi connectivity index (χ0n) is 12.2. The Morgan fingerprint density at radius 3 is 2.33 bits per heavy atom. The first-order chi connectivity index (χ1) is 10.0. The lowest BCUT2D eigenvalue weighted by atomic mass is 10.1. The monoisotopic (exact) mass is 298 g/mol. The Bertz CT molecular complexity index is 665. The molecular weight excluding hydrogens is 280 g/mol. The number of hydrogen-bond acceptors (Lipinski definition) is 2. The molecule has 0 aromatic heterocycles. The van der Waals surface area contributed by atoms with Gasteiger partial charge in [0, 0.05) is 18.2 Å². The maximum Gasteiger partial charge on any atom is 0.258 e. The summed E-state index contributed by atoms with van der Waals surface area (Å²) in [6, 6.07) is 15.0. The van der Waals surface area contributed by atoms with Crippen molar-refractivity contribution in [1.29, 1.82) is 0 Å². The fourth-order valence-corrected chi connectivity index (χ4v) is 2.33. The van der Waals surface area contributed by atoms with Crippen molar-refractivity contribution in [2.75, 3.05) is 11.9 Å². The predicted octanol–water partition coefficient (Wildman–Crippen LogP) is 3.16. The molecular formula is C17H18N2OS. The van der Waals surface area contributed by atoms with E-state index in [1.807, 2.05) is 48.5 Å². The molecule has 0 unspecified atom stereocenters. The molecule has 2 rings (SSSR count). The molecule has 108 valence electrons. The Labute approximate surface area is 130 Å². The summed E-state index contributed by atoms with van der Waals surface area (Å²) in [6.07, 6.45) is 0.953. The number of thiocarbonyl (C=S) groups is 1. The number of nitrogens with two attached hydrogens (primary N) is 1. The van der Waals surface area contributed by atoms with Crippen molar-refractivity contribution in [2.45, 2.75) is 13.3 Å². The summed E-state index contributed by atoms with van der Waals surface area (Å²) < 4.78 is 0. The quantitative estimate of drug-likeness (QED) is 0.882. The number of benzene rings is 2. The van der Waals surface area contributed by atoms with E-state index in [1.54, 1.807) is 11.9 Å². The number of carbonyl (C=O) groups excluding carboxylic acids is 1. The van der Waals surface area contributed by atoms with Gasteiger partial charge in [-0.1, -0.05) is 43.4 Å². The molecule has 2 aromatic carbocycles. The third-order valence-electron chi connectivity index (χ3n) is 3.44. The molecule has 2 aromatic rings. The number of amides is 1. The molecule has 0 spiro atoms. The fourth-order valence-electron chi connectivity index (χ4n) is 2.16. The molecule has 0 aliphatic heterocycles. The van der Waals surface area contributed by atoms with Gasteiger partial charge in [-0.3, -0.25) is 4.79 Å². The van der Waals surface area contributed by atoms with E-state index in [1.165, 1.54) is 5.56 Å². The van der Waals surface area contributed by atoms with E-state index < -0.39 is 0 Å². The van der Waals surface area contributed by atoms with Gasteiger partial charge in [-0.25, -0.2) is 0 Å². The smallest absolute Gasteiger partial charge is 0.258 e. The van der Waals surface area contributed by atoms with Crippen LogP contribution in [-0.4, -0.2) is 17.9 Å². The summed E-state index contributed by atoms with van der Waals surface area (Å²) in [4.78, 5) is 14.4. The van der Waals surface area contributed by atoms with Crippen LogP contribution in [0.2, 0.25) is 0 Å². The molecule has 2 N–H and O–H groups in total. The number of rotatable bonds is 4. The fraction of sp³-hybridized carbons (Fsp3) is 0.176. The maximum absolute atomic E-state index is 12.6. The molecule has 1 amide bonds. The SMILES string of the molecule is CCc1ccc(C(=O)N(C)c2ccccc2C(N)=S)cc1. The van der Waals surface area contributed by atoms with Gasteiger partial charge in [0.1, 0.15) is 4.99 Å². The molecule has 0 fully saturated rings. The Hall–Kier alpha value is -2.20. The van der Waals surface area contributed by atoms with Crippen molar-refractivity contribution >= 4 is 28.8 Å². The van der Waals surface area contributed by atoms with E-state index in [4.69, 9.17) is 18.0 Å². The molecule has 3 nitrogen and oxygen atoms in total. The van der Waals surface area contributed by atoms with Crippen LogP contribution in [0.1, 0.15) is 28.4 Å². The highest BCUT2D eigenvalue weighted by molar-refractivity contribution is 7.80. The van der Waals surface area contributed by atoms with Crippen molar-refractivity contribution in [2.24, 2.45) is 5.73 Å². The zero-order chi connectivity index (χ0) is 15.4. The van der Waals surface area contributed by atoms with Crippen molar-refractivity contribution in [3.63, 3.8) is 0 Å². The highest BCUT2D eigenvalue weighted by Crippen LogP contribution is 2.21. The molecule has 4 heteroatoms. The average Bonchev–Trinajstić information content (AvgIpc) is 2.53. The van der Waals surface area contributed by atoms with Crippen LogP contribution in [0.4, 0.5) is 5.69 Å². The van der Waals surface area contributed by atoms with Gasteiger partial charge in [0.15, 0.2) is 0 Å². The second-order valence-corrected chi connectivity index (χ2v) is 5.24. The van der Waals surface area contributed by atoms with E-state index in [9.17, 15) is 4.79 Å². The summed E-state index contributed by atoms with van der Waals surface area (Å²) in [5.74, 6) is -0.0821. The Kier molecular flexibility index (Phi) is 4.70. The first-order valence-corrected chi connectivity index (χ1v) is 7.21. The van der Waals surface area contributed by atoms with E-state index in [2.05, 4.69) is 6.92 Å². The van der Waals surface area contributed by atoms with Gasteiger partial charge in [0.2, 0.25) is 0 Å². The van der Waals surface area contributed by atoms with E-state index in [0.717, 1.165) is 12.1 Å². The lowest BCUT2D eigenvalue weighted by Crippen LogP contribution is -2.28. The Balaban J connectivity index is 2.32. The topological polar surface area (TPSA) is 46.3 Å². The number of carbonyl (C=O) groups is 1. The lowest BCUT2D eigenvalue weighted by Gasteiger charge is -2.20. The summed E-state index contributed by atoms with van der Waals surface area (Å²) in [6.45, 7) is 2.08. The minimum absolute atomic E-state index is 0.0821.